The molecule has 0 fully saturated rings. The summed E-state index contributed by atoms with van der Waals surface area (Å²) < 4.78 is 9.57. The van der Waals surface area contributed by atoms with E-state index in [1.54, 1.807) is 7.11 Å². The molecule has 0 radical (unpaired) electrons. The highest BCUT2D eigenvalue weighted by atomic mass is 16.6. The van der Waals surface area contributed by atoms with Crippen LogP contribution in [0.1, 0.15) is 5.56 Å². The van der Waals surface area contributed by atoms with Crippen molar-refractivity contribution in [3.8, 4) is 0 Å². The highest BCUT2D eigenvalue weighted by Gasteiger charge is 2.13. The number of benzene rings is 1. The van der Waals surface area contributed by atoms with Gasteiger partial charge in [0.1, 0.15) is 6.73 Å². The van der Waals surface area contributed by atoms with E-state index in [1.807, 2.05) is 30.3 Å². The van der Waals surface area contributed by atoms with Gasteiger partial charge in [0.25, 0.3) is 0 Å². The Bertz CT molecular complexity index is 300. The number of hydrogen-bond acceptors (Lipinski definition) is 3. The van der Waals surface area contributed by atoms with Gasteiger partial charge in [0.15, 0.2) is 0 Å². The number of carbonyl (C=O) groups excluding carboxylic acids is 1. The van der Waals surface area contributed by atoms with Crippen LogP contribution in [-0.2, 0) is 16.0 Å². The highest BCUT2D eigenvalue weighted by molar-refractivity contribution is 5.67. The first-order chi connectivity index (χ1) is 7.27. The molecule has 0 spiro atoms. The Balaban J connectivity index is 2.62. The lowest BCUT2D eigenvalue weighted by molar-refractivity contribution is 0.0467. The summed E-state index contributed by atoms with van der Waals surface area (Å²) in [6, 6.07) is 9.69. The van der Waals surface area contributed by atoms with Crippen LogP contribution in [0.25, 0.3) is 0 Å². The molecular weight excluding hydrogens is 194 g/mol. The molecule has 0 unspecified atom stereocenters. The van der Waals surface area contributed by atoms with E-state index in [9.17, 15) is 4.79 Å². The van der Waals surface area contributed by atoms with E-state index in [2.05, 4.69) is 4.74 Å². The molecule has 1 amide bonds. The third-order valence-electron chi connectivity index (χ3n) is 1.93. The van der Waals surface area contributed by atoms with Gasteiger partial charge in [-0.05, 0) is 5.56 Å². The van der Waals surface area contributed by atoms with Gasteiger partial charge < -0.3 is 9.47 Å². The molecule has 0 aliphatic rings. The number of methoxy groups -OCH3 is 2. The molecule has 4 heteroatoms. The summed E-state index contributed by atoms with van der Waals surface area (Å²) in [5.41, 5.74) is 1.04. The fourth-order valence-corrected chi connectivity index (χ4v) is 1.25. The van der Waals surface area contributed by atoms with Gasteiger partial charge >= 0.3 is 6.09 Å². The van der Waals surface area contributed by atoms with Crippen LogP contribution in [0.3, 0.4) is 0 Å². The molecule has 0 heterocycles. The van der Waals surface area contributed by atoms with E-state index in [4.69, 9.17) is 4.74 Å². The van der Waals surface area contributed by atoms with Crippen molar-refractivity contribution >= 4 is 6.09 Å². The van der Waals surface area contributed by atoms with Crippen LogP contribution < -0.4 is 0 Å². The number of nitrogens with zero attached hydrogens (tertiary/aromatic N) is 1. The predicted octanol–water partition coefficient (Wildman–Crippen LogP) is 1.86. The first-order valence-electron chi connectivity index (χ1n) is 4.63. The van der Waals surface area contributed by atoms with E-state index in [0.717, 1.165) is 5.56 Å². The smallest absolute Gasteiger partial charge is 0.411 e. The second kappa shape index (κ2) is 6.03. The van der Waals surface area contributed by atoms with E-state index >= 15 is 0 Å². The normalized spacial score (nSPS) is 9.73. The van der Waals surface area contributed by atoms with Crippen LogP contribution in [0, 0.1) is 0 Å². The highest BCUT2D eigenvalue weighted by Crippen LogP contribution is 2.05. The molecule has 0 atom stereocenters. The molecule has 0 aliphatic carbocycles. The van der Waals surface area contributed by atoms with Crippen molar-refractivity contribution in [1.82, 2.24) is 4.90 Å². The quantitative estimate of drug-likeness (QED) is 0.710. The number of amides is 1. The number of rotatable bonds is 4. The van der Waals surface area contributed by atoms with Crippen molar-refractivity contribution in [2.45, 2.75) is 6.54 Å². The molecule has 1 rings (SSSR count). The molecule has 1 aromatic carbocycles. The molecule has 0 saturated carbocycles. The zero-order valence-corrected chi connectivity index (χ0v) is 8.97. The molecular formula is C11H15NO3. The largest absolute Gasteiger partial charge is 0.453 e. The minimum Gasteiger partial charge on any atom is -0.453 e. The number of ether oxygens (including phenoxy) is 2. The van der Waals surface area contributed by atoms with Crippen molar-refractivity contribution in [1.29, 1.82) is 0 Å². The van der Waals surface area contributed by atoms with Crippen LogP contribution in [0.15, 0.2) is 30.3 Å². The summed E-state index contributed by atoms with van der Waals surface area (Å²) >= 11 is 0. The maximum absolute atomic E-state index is 11.3. The van der Waals surface area contributed by atoms with Crippen molar-refractivity contribution in [3.63, 3.8) is 0 Å². The van der Waals surface area contributed by atoms with Gasteiger partial charge in [-0.1, -0.05) is 30.3 Å². The lowest BCUT2D eigenvalue weighted by atomic mass is 10.2. The number of carbonyl (C=O) groups is 1. The molecule has 15 heavy (non-hydrogen) atoms. The second-order valence-electron chi connectivity index (χ2n) is 3.07. The average molecular weight is 209 g/mol. The topological polar surface area (TPSA) is 38.8 Å². The minimum atomic E-state index is -0.388. The zero-order chi connectivity index (χ0) is 11.1. The first kappa shape index (κ1) is 11.5. The van der Waals surface area contributed by atoms with Gasteiger partial charge in [0.05, 0.1) is 13.7 Å². The molecule has 0 bridgehead atoms. The van der Waals surface area contributed by atoms with E-state index in [0.29, 0.717) is 6.54 Å². The van der Waals surface area contributed by atoms with E-state index in [-0.39, 0.29) is 12.8 Å². The predicted molar refractivity (Wildman–Crippen MR) is 56.3 cm³/mol. The monoisotopic (exact) mass is 209 g/mol. The van der Waals surface area contributed by atoms with Gasteiger partial charge in [-0.15, -0.1) is 0 Å². The van der Waals surface area contributed by atoms with Gasteiger partial charge in [-0.3, -0.25) is 4.90 Å². The average Bonchev–Trinajstić information content (AvgIpc) is 2.29. The second-order valence-corrected chi connectivity index (χ2v) is 3.07. The van der Waals surface area contributed by atoms with Crippen molar-refractivity contribution in [2.24, 2.45) is 0 Å². The SMILES string of the molecule is COCN(Cc1ccccc1)C(=O)OC. The molecule has 0 N–H and O–H groups in total. The Labute approximate surface area is 89.4 Å². The van der Waals surface area contributed by atoms with Crippen LogP contribution in [0.2, 0.25) is 0 Å². The van der Waals surface area contributed by atoms with E-state index in [1.165, 1.54) is 12.0 Å². The minimum absolute atomic E-state index is 0.224. The lowest BCUT2D eigenvalue weighted by Crippen LogP contribution is -2.32. The summed E-state index contributed by atoms with van der Waals surface area (Å²) in [5, 5.41) is 0. The van der Waals surface area contributed by atoms with Gasteiger partial charge in [0, 0.05) is 7.11 Å². The Morgan fingerprint density at radius 1 is 1.27 bits per heavy atom. The fraction of sp³-hybridized carbons (Fsp3) is 0.364. The molecule has 82 valence electrons. The summed E-state index contributed by atoms with van der Waals surface area (Å²) in [6.07, 6.45) is -0.388. The summed E-state index contributed by atoms with van der Waals surface area (Å²) in [5.74, 6) is 0. The first-order valence-corrected chi connectivity index (χ1v) is 4.63. The third kappa shape index (κ3) is 3.59. The summed E-state index contributed by atoms with van der Waals surface area (Å²) in [6.45, 7) is 0.711. The maximum atomic E-state index is 11.3. The Morgan fingerprint density at radius 2 is 1.93 bits per heavy atom. The van der Waals surface area contributed by atoms with Crippen LogP contribution >= 0.6 is 0 Å². The van der Waals surface area contributed by atoms with Crippen molar-refractivity contribution in [3.05, 3.63) is 35.9 Å². The van der Waals surface area contributed by atoms with Crippen LogP contribution in [-0.4, -0.2) is 31.9 Å². The Hall–Kier alpha value is -1.55. The van der Waals surface area contributed by atoms with Gasteiger partial charge in [-0.25, -0.2) is 4.79 Å². The molecule has 1 aromatic rings. The maximum Gasteiger partial charge on any atom is 0.411 e. The number of hydrogen-bond donors (Lipinski definition) is 0. The fourth-order valence-electron chi connectivity index (χ4n) is 1.25. The summed E-state index contributed by atoms with van der Waals surface area (Å²) in [4.78, 5) is 12.8. The van der Waals surface area contributed by atoms with Crippen molar-refractivity contribution < 1.29 is 14.3 Å². The zero-order valence-electron chi connectivity index (χ0n) is 8.97. The Kier molecular flexibility index (Phi) is 4.63. The molecule has 0 aromatic heterocycles. The van der Waals surface area contributed by atoms with E-state index < -0.39 is 0 Å². The third-order valence-corrected chi connectivity index (χ3v) is 1.93. The van der Waals surface area contributed by atoms with Crippen LogP contribution in [0.5, 0.6) is 0 Å². The molecule has 0 aliphatic heterocycles. The van der Waals surface area contributed by atoms with Crippen LogP contribution in [0.4, 0.5) is 4.79 Å². The molecule has 0 saturated heterocycles. The lowest BCUT2D eigenvalue weighted by Gasteiger charge is -2.19. The van der Waals surface area contributed by atoms with Crippen molar-refractivity contribution in [2.75, 3.05) is 21.0 Å². The Morgan fingerprint density at radius 3 is 2.47 bits per heavy atom. The summed E-state index contributed by atoms with van der Waals surface area (Å²) in [7, 11) is 2.90. The van der Waals surface area contributed by atoms with Gasteiger partial charge in [-0.2, -0.15) is 0 Å². The standard InChI is InChI=1S/C11H15NO3/c1-14-9-12(11(13)15-2)8-10-6-4-3-5-7-10/h3-7H,8-9H2,1-2H3. The van der Waals surface area contributed by atoms with Gasteiger partial charge in [0.2, 0.25) is 0 Å². The molecule has 4 nitrogen and oxygen atoms in total.